The van der Waals surface area contributed by atoms with Crippen LogP contribution in [0.1, 0.15) is 35.4 Å². The Morgan fingerprint density at radius 3 is 2.47 bits per heavy atom. The fourth-order valence-corrected chi connectivity index (χ4v) is 4.30. The zero-order valence-electron chi connectivity index (χ0n) is 19.5. The van der Waals surface area contributed by atoms with Gasteiger partial charge in [-0.05, 0) is 18.1 Å². The third-order valence-electron chi connectivity index (χ3n) is 6.11. The summed E-state index contributed by atoms with van der Waals surface area (Å²) in [5.74, 6) is 0.998. The van der Waals surface area contributed by atoms with E-state index in [1.165, 1.54) is 11.6 Å². The third-order valence-corrected chi connectivity index (χ3v) is 6.11. The van der Waals surface area contributed by atoms with Gasteiger partial charge in [0.2, 0.25) is 5.91 Å². The first-order valence-corrected chi connectivity index (χ1v) is 11.3. The molecule has 184 valence electrons. The number of amides is 1. The molecule has 36 heavy (non-hydrogen) atoms. The number of nitrogens with zero attached hydrogens (tertiary/aromatic N) is 5. The van der Waals surface area contributed by atoms with Crippen LogP contribution >= 0.6 is 0 Å². The standard InChI is InChI=1S/C26H22F3N5O2/c1-15(35)19-5-3-4-6-20(19)23-30-12-18-11-22(36)34(25(18)32-23)13-16-7-9-17(10-8-16)24-31-21(14-33(24)2)26(27,28)29/h3-10,12,14-15,35H,11,13H2,1-2H3. The molecule has 1 N–H and O–H groups in total. The lowest BCUT2D eigenvalue weighted by molar-refractivity contribution is -0.140. The van der Waals surface area contributed by atoms with Gasteiger partial charge in [-0.1, -0.05) is 48.5 Å². The summed E-state index contributed by atoms with van der Waals surface area (Å²) in [7, 11) is 1.51. The number of halogens is 3. The molecule has 4 aromatic rings. The van der Waals surface area contributed by atoms with E-state index in [9.17, 15) is 23.1 Å². The molecule has 10 heteroatoms. The van der Waals surface area contributed by atoms with Crippen LogP contribution in [0.25, 0.3) is 22.8 Å². The normalized spacial score (nSPS) is 14.3. The van der Waals surface area contributed by atoms with Gasteiger partial charge in [-0.2, -0.15) is 13.2 Å². The minimum Gasteiger partial charge on any atom is -0.389 e. The molecule has 0 bridgehead atoms. The second kappa shape index (κ2) is 8.87. The van der Waals surface area contributed by atoms with Gasteiger partial charge in [0.25, 0.3) is 0 Å². The Balaban J connectivity index is 1.42. The maximum absolute atomic E-state index is 13.0. The number of hydrogen-bond acceptors (Lipinski definition) is 5. The Kier molecular flexibility index (Phi) is 5.83. The Morgan fingerprint density at radius 1 is 1.08 bits per heavy atom. The molecule has 0 saturated heterocycles. The van der Waals surface area contributed by atoms with Crippen molar-refractivity contribution in [3.05, 3.63) is 83.3 Å². The number of aromatic nitrogens is 4. The van der Waals surface area contributed by atoms with Crippen molar-refractivity contribution in [1.29, 1.82) is 0 Å². The van der Waals surface area contributed by atoms with E-state index in [0.29, 0.717) is 33.9 Å². The van der Waals surface area contributed by atoms with Crippen molar-refractivity contribution in [3.8, 4) is 22.8 Å². The molecule has 2 aromatic carbocycles. The number of anilines is 1. The average molecular weight is 493 g/mol. The number of fused-ring (bicyclic) bond motifs is 1. The van der Waals surface area contributed by atoms with Crippen molar-refractivity contribution < 1.29 is 23.1 Å². The molecule has 0 saturated carbocycles. The molecule has 0 radical (unpaired) electrons. The van der Waals surface area contributed by atoms with Gasteiger partial charge in [0.1, 0.15) is 11.6 Å². The lowest BCUT2D eigenvalue weighted by Gasteiger charge is -2.18. The molecule has 1 aliphatic rings. The summed E-state index contributed by atoms with van der Waals surface area (Å²) in [6.45, 7) is 1.91. The molecule has 2 aromatic heterocycles. The van der Waals surface area contributed by atoms with Crippen LogP contribution < -0.4 is 4.90 Å². The first-order chi connectivity index (χ1) is 17.1. The maximum Gasteiger partial charge on any atom is 0.434 e. The molecule has 5 rings (SSSR count). The number of aryl methyl sites for hydroxylation is 1. The Bertz CT molecular complexity index is 1440. The summed E-state index contributed by atoms with van der Waals surface area (Å²) in [6.07, 6.45) is -2.46. The molecule has 0 fully saturated rings. The SMILES string of the molecule is CC(O)c1ccccc1-c1ncc2c(n1)N(Cc1ccc(-c3nc(C(F)(F)F)cn3C)cc1)C(=O)C2. The van der Waals surface area contributed by atoms with E-state index in [0.717, 1.165) is 11.8 Å². The summed E-state index contributed by atoms with van der Waals surface area (Å²) in [6, 6.07) is 14.2. The molecule has 7 nitrogen and oxygen atoms in total. The van der Waals surface area contributed by atoms with Crippen molar-refractivity contribution >= 4 is 11.7 Å². The van der Waals surface area contributed by atoms with Crippen LogP contribution in [0.15, 0.2) is 60.9 Å². The van der Waals surface area contributed by atoms with Crippen LogP contribution in [0.5, 0.6) is 0 Å². The van der Waals surface area contributed by atoms with E-state index in [-0.39, 0.29) is 24.7 Å². The smallest absolute Gasteiger partial charge is 0.389 e. The number of aliphatic hydroxyl groups is 1. The predicted octanol–water partition coefficient (Wildman–Crippen LogP) is 4.71. The summed E-state index contributed by atoms with van der Waals surface area (Å²) >= 11 is 0. The highest BCUT2D eigenvalue weighted by Gasteiger charge is 2.34. The Hall–Kier alpha value is -4.05. The van der Waals surface area contributed by atoms with Crippen molar-refractivity contribution in [2.75, 3.05) is 4.90 Å². The largest absolute Gasteiger partial charge is 0.434 e. The number of hydrogen-bond donors (Lipinski definition) is 1. The van der Waals surface area contributed by atoms with Crippen LogP contribution in [0.4, 0.5) is 19.0 Å². The van der Waals surface area contributed by atoms with Gasteiger partial charge in [0, 0.05) is 36.1 Å². The molecule has 0 spiro atoms. The van der Waals surface area contributed by atoms with Crippen molar-refractivity contribution in [2.24, 2.45) is 7.05 Å². The van der Waals surface area contributed by atoms with E-state index in [2.05, 4.69) is 15.0 Å². The molecule has 1 atom stereocenters. The van der Waals surface area contributed by atoms with Gasteiger partial charge in [0.05, 0.1) is 19.1 Å². The highest BCUT2D eigenvalue weighted by atomic mass is 19.4. The first-order valence-electron chi connectivity index (χ1n) is 11.3. The number of benzene rings is 2. The van der Waals surface area contributed by atoms with Crippen LogP contribution in [-0.2, 0) is 31.0 Å². The second-order valence-electron chi connectivity index (χ2n) is 8.72. The van der Waals surface area contributed by atoms with Crippen LogP contribution in [-0.4, -0.2) is 30.5 Å². The quantitative estimate of drug-likeness (QED) is 0.436. The molecule has 1 unspecified atom stereocenters. The van der Waals surface area contributed by atoms with Crippen LogP contribution in [0.2, 0.25) is 0 Å². The van der Waals surface area contributed by atoms with E-state index < -0.39 is 18.0 Å². The summed E-state index contributed by atoms with van der Waals surface area (Å²) < 4.78 is 40.4. The van der Waals surface area contributed by atoms with Crippen LogP contribution in [0, 0.1) is 0 Å². The topological polar surface area (TPSA) is 84.1 Å². The van der Waals surface area contributed by atoms with Gasteiger partial charge < -0.3 is 9.67 Å². The lowest BCUT2D eigenvalue weighted by Crippen LogP contribution is -2.26. The zero-order chi connectivity index (χ0) is 25.6. The number of aliphatic hydroxyl groups excluding tert-OH is 1. The molecular formula is C26H22F3N5O2. The average Bonchev–Trinajstić information content (AvgIpc) is 3.39. The van der Waals surface area contributed by atoms with Crippen LogP contribution in [0.3, 0.4) is 0 Å². The molecular weight excluding hydrogens is 471 g/mol. The number of alkyl halides is 3. The second-order valence-corrected chi connectivity index (χ2v) is 8.72. The Labute approximate surface area is 204 Å². The maximum atomic E-state index is 13.0. The highest BCUT2D eigenvalue weighted by Crippen LogP contribution is 2.33. The van der Waals surface area contributed by atoms with Crippen molar-refractivity contribution in [1.82, 2.24) is 19.5 Å². The van der Waals surface area contributed by atoms with E-state index in [4.69, 9.17) is 0 Å². The van der Waals surface area contributed by atoms with Gasteiger partial charge in [0.15, 0.2) is 11.5 Å². The van der Waals surface area contributed by atoms with E-state index in [1.54, 1.807) is 48.4 Å². The summed E-state index contributed by atoms with van der Waals surface area (Å²) in [5.41, 5.74) is 2.46. The molecule has 1 amide bonds. The minimum absolute atomic E-state index is 0.122. The third kappa shape index (κ3) is 4.35. The zero-order valence-corrected chi connectivity index (χ0v) is 19.5. The van der Waals surface area contributed by atoms with E-state index in [1.807, 2.05) is 18.2 Å². The summed E-state index contributed by atoms with van der Waals surface area (Å²) in [4.78, 5) is 27.2. The number of rotatable bonds is 5. The monoisotopic (exact) mass is 493 g/mol. The van der Waals surface area contributed by atoms with Crippen molar-refractivity contribution in [2.45, 2.75) is 32.2 Å². The first kappa shape index (κ1) is 23.7. The predicted molar refractivity (Wildman–Crippen MR) is 127 cm³/mol. The fourth-order valence-electron chi connectivity index (χ4n) is 4.30. The van der Waals surface area contributed by atoms with Gasteiger partial charge in [-0.3, -0.25) is 9.69 Å². The lowest BCUT2D eigenvalue weighted by atomic mass is 10.0. The number of carbonyl (C=O) groups is 1. The fraction of sp³-hybridized carbons (Fsp3) is 0.231. The molecule has 3 heterocycles. The van der Waals surface area contributed by atoms with Gasteiger partial charge in [-0.25, -0.2) is 15.0 Å². The van der Waals surface area contributed by atoms with Gasteiger partial charge >= 0.3 is 6.18 Å². The number of imidazole rings is 1. The molecule has 1 aliphatic heterocycles. The summed E-state index contributed by atoms with van der Waals surface area (Å²) in [5, 5.41) is 10.1. The Morgan fingerprint density at radius 2 is 1.81 bits per heavy atom. The van der Waals surface area contributed by atoms with Crippen molar-refractivity contribution in [3.63, 3.8) is 0 Å². The van der Waals surface area contributed by atoms with Gasteiger partial charge in [-0.15, -0.1) is 0 Å². The molecule has 0 aliphatic carbocycles. The number of carbonyl (C=O) groups excluding carboxylic acids is 1. The highest BCUT2D eigenvalue weighted by molar-refractivity contribution is 6.00. The minimum atomic E-state index is -4.52. The van der Waals surface area contributed by atoms with E-state index >= 15 is 0 Å².